The second kappa shape index (κ2) is 5.98. The van der Waals surface area contributed by atoms with E-state index in [4.69, 9.17) is 11.6 Å². The lowest BCUT2D eigenvalue weighted by molar-refractivity contribution is 0.279. The van der Waals surface area contributed by atoms with Gasteiger partial charge in [-0.15, -0.1) is 0 Å². The van der Waals surface area contributed by atoms with Gasteiger partial charge in [0.05, 0.1) is 16.6 Å². The fraction of sp³-hybridized carbons (Fsp3) is 0.400. The van der Waals surface area contributed by atoms with Crippen LogP contribution < -0.4 is 4.31 Å². The van der Waals surface area contributed by atoms with Gasteiger partial charge in [-0.1, -0.05) is 35.9 Å². The number of rotatable bonds is 1. The Morgan fingerprint density at radius 2 is 1.77 bits per heavy atom. The van der Waals surface area contributed by atoms with Crippen molar-refractivity contribution in [2.45, 2.75) is 36.6 Å². The zero-order valence-electron chi connectivity index (χ0n) is 14.5. The number of fused-ring (bicyclic) bond motifs is 1. The van der Waals surface area contributed by atoms with Crippen molar-refractivity contribution in [2.75, 3.05) is 23.9 Å². The Balaban J connectivity index is 1.86. The summed E-state index contributed by atoms with van der Waals surface area (Å²) < 4.78 is 28.8. The highest BCUT2D eigenvalue weighted by atomic mass is 35.5. The first-order chi connectivity index (χ1) is 12.6. The van der Waals surface area contributed by atoms with Crippen LogP contribution in [0.3, 0.4) is 0 Å². The molecular weight excluding hydrogens is 368 g/mol. The quantitative estimate of drug-likeness (QED) is 0.741. The van der Waals surface area contributed by atoms with E-state index in [9.17, 15) is 8.42 Å². The van der Waals surface area contributed by atoms with Crippen LogP contribution in [0.15, 0.2) is 41.3 Å². The Bertz CT molecular complexity index is 983. The van der Waals surface area contributed by atoms with Crippen LogP contribution in [0, 0.1) is 0 Å². The number of sulfonamides is 1. The molecule has 0 saturated carbocycles. The van der Waals surface area contributed by atoms with Gasteiger partial charge in [0.25, 0.3) is 10.0 Å². The predicted molar refractivity (Wildman–Crippen MR) is 103 cm³/mol. The summed E-state index contributed by atoms with van der Waals surface area (Å²) in [4.78, 5) is 2.79. The Labute approximate surface area is 159 Å². The second-order valence-electron chi connectivity index (χ2n) is 7.36. The van der Waals surface area contributed by atoms with Crippen molar-refractivity contribution >= 4 is 27.3 Å². The van der Waals surface area contributed by atoms with E-state index in [0.717, 1.165) is 61.2 Å². The number of anilines is 1. The lowest BCUT2D eigenvalue weighted by Gasteiger charge is -2.33. The molecule has 0 radical (unpaired) electrons. The molecule has 5 rings (SSSR count). The van der Waals surface area contributed by atoms with E-state index < -0.39 is 10.0 Å². The van der Waals surface area contributed by atoms with Gasteiger partial charge in [-0.2, -0.15) is 0 Å². The molecule has 6 heteroatoms. The molecule has 136 valence electrons. The van der Waals surface area contributed by atoms with E-state index in [0.29, 0.717) is 16.5 Å². The zero-order chi connectivity index (χ0) is 17.9. The van der Waals surface area contributed by atoms with Crippen molar-refractivity contribution in [3.05, 3.63) is 58.1 Å². The second-order valence-corrected chi connectivity index (χ2v) is 9.63. The van der Waals surface area contributed by atoms with Crippen LogP contribution >= 0.6 is 11.6 Å². The highest BCUT2D eigenvalue weighted by Gasteiger charge is 2.41. The van der Waals surface area contributed by atoms with Gasteiger partial charge >= 0.3 is 0 Å². The van der Waals surface area contributed by atoms with Gasteiger partial charge < -0.3 is 0 Å². The van der Waals surface area contributed by atoms with Gasteiger partial charge in [0.2, 0.25) is 0 Å². The fourth-order valence-electron chi connectivity index (χ4n) is 4.74. The topological polar surface area (TPSA) is 40.6 Å². The van der Waals surface area contributed by atoms with E-state index in [1.807, 2.05) is 12.1 Å². The van der Waals surface area contributed by atoms with Crippen LogP contribution in [0.4, 0.5) is 5.69 Å². The number of benzene rings is 2. The highest BCUT2D eigenvalue weighted by molar-refractivity contribution is 7.93. The van der Waals surface area contributed by atoms with E-state index in [2.05, 4.69) is 23.1 Å². The molecule has 0 aromatic heterocycles. The molecule has 2 aromatic rings. The Morgan fingerprint density at radius 3 is 2.58 bits per heavy atom. The summed E-state index contributed by atoms with van der Waals surface area (Å²) in [6.07, 6.45) is 4.09. The lowest BCUT2D eigenvalue weighted by atomic mass is 9.91. The molecule has 3 heterocycles. The highest BCUT2D eigenvalue weighted by Crippen LogP contribution is 2.47. The Kier molecular flexibility index (Phi) is 3.82. The van der Waals surface area contributed by atoms with E-state index in [1.165, 1.54) is 0 Å². The monoisotopic (exact) mass is 388 g/mol. The van der Waals surface area contributed by atoms with E-state index >= 15 is 0 Å². The molecule has 3 aliphatic heterocycles. The normalized spacial score (nSPS) is 24.0. The smallest absolute Gasteiger partial charge is 0.264 e. The molecule has 1 fully saturated rings. The maximum Gasteiger partial charge on any atom is 0.264 e. The molecule has 0 amide bonds. The maximum atomic E-state index is 13.6. The van der Waals surface area contributed by atoms with Crippen molar-refractivity contribution in [3.8, 4) is 0 Å². The van der Waals surface area contributed by atoms with Crippen molar-refractivity contribution in [1.82, 2.24) is 4.90 Å². The van der Waals surface area contributed by atoms with Crippen LogP contribution in [0.2, 0.25) is 5.02 Å². The van der Waals surface area contributed by atoms with Crippen LogP contribution in [-0.4, -0.2) is 33.0 Å². The van der Waals surface area contributed by atoms with Crippen molar-refractivity contribution in [1.29, 1.82) is 0 Å². The predicted octanol–water partition coefficient (Wildman–Crippen LogP) is 3.98. The summed E-state index contributed by atoms with van der Waals surface area (Å²) in [7, 11) is -3.62. The zero-order valence-corrected chi connectivity index (χ0v) is 16.1. The number of hydrogen-bond acceptors (Lipinski definition) is 3. The number of para-hydroxylation sites is 1. The third kappa shape index (κ3) is 2.34. The van der Waals surface area contributed by atoms with Gasteiger partial charge in [-0.25, -0.2) is 8.42 Å². The SMILES string of the molecule is O=S1(=O)c2cc(Cl)ccc2C(N2CCCC2)c2cccc3c2N1CCC3. The van der Waals surface area contributed by atoms with Crippen molar-refractivity contribution in [3.63, 3.8) is 0 Å². The minimum atomic E-state index is -3.62. The molecule has 2 aromatic carbocycles. The average Bonchev–Trinajstić information content (AvgIpc) is 3.14. The molecule has 0 aliphatic carbocycles. The molecule has 0 spiro atoms. The fourth-order valence-corrected chi connectivity index (χ4v) is 6.80. The summed E-state index contributed by atoms with van der Waals surface area (Å²) in [5, 5.41) is 0.468. The molecule has 1 unspecified atom stereocenters. The molecule has 0 bridgehead atoms. The summed E-state index contributed by atoms with van der Waals surface area (Å²) >= 11 is 6.22. The maximum absolute atomic E-state index is 13.6. The van der Waals surface area contributed by atoms with Crippen LogP contribution in [0.25, 0.3) is 0 Å². The van der Waals surface area contributed by atoms with Crippen LogP contribution in [0.5, 0.6) is 0 Å². The van der Waals surface area contributed by atoms with Crippen LogP contribution in [-0.2, 0) is 16.4 Å². The summed E-state index contributed by atoms with van der Waals surface area (Å²) in [6.45, 7) is 2.53. The van der Waals surface area contributed by atoms with Gasteiger partial charge in [0, 0.05) is 11.6 Å². The van der Waals surface area contributed by atoms with Crippen molar-refractivity contribution in [2.24, 2.45) is 0 Å². The molecule has 0 N–H and O–H groups in total. The molecule has 3 aliphatic rings. The number of likely N-dealkylation sites (tertiary alicyclic amines) is 1. The first-order valence-corrected chi connectivity index (χ1v) is 11.1. The summed E-state index contributed by atoms with van der Waals surface area (Å²) in [6, 6.07) is 11.6. The largest absolute Gasteiger partial charge is 0.292 e. The molecule has 1 saturated heterocycles. The summed E-state index contributed by atoms with van der Waals surface area (Å²) in [5.41, 5.74) is 4.02. The van der Waals surface area contributed by atoms with Gasteiger partial charge in [-0.05, 0) is 67.6 Å². The Hall–Kier alpha value is -1.56. The minimum absolute atomic E-state index is 0.0300. The van der Waals surface area contributed by atoms with Crippen molar-refractivity contribution < 1.29 is 8.42 Å². The van der Waals surface area contributed by atoms with Crippen LogP contribution in [0.1, 0.15) is 42.0 Å². The molecular formula is C20H21ClN2O2S. The lowest BCUT2D eigenvalue weighted by Crippen LogP contribution is -2.35. The van der Waals surface area contributed by atoms with E-state index in [-0.39, 0.29) is 6.04 Å². The van der Waals surface area contributed by atoms with Gasteiger partial charge in [-0.3, -0.25) is 9.21 Å². The van der Waals surface area contributed by atoms with E-state index in [1.54, 1.807) is 10.4 Å². The number of aryl methyl sites for hydroxylation is 1. The Morgan fingerprint density at radius 1 is 0.962 bits per heavy atom. The van der Waals surface area contributed by atoms with Gasteiger partial charge in [0.1, 0.15) is 0 Å². The first kappa shape index (κ1) is 16.6. The third-order valence-electron chi connectivity index (χ3n) is 5.85. The average molecular weight is 389 g/mol. The molecule has 4 nitrogen and oxygen atoms in total. The first-order valence-electron chi connectivity index (χ1n) is 9.25. The molecule has 26 heavy (non-hydrogen) atoms. The summed E-state index contributed by atoms with van der Waals surface area (Å²) in [5.74, 6) is 0. The number of hydrogen-bond donors (Lipinski definition) is 0. The molecule has 1 atom stereocenters. The number of halogens is 1. The number of nitrogens with zero attached hydrogens (tertiary/aromatic N) is 2. The van der Waals surface area contributed by atoms with Gasteiger partial charge in [0.15, 0.2) is 0 Å². The minimum Gasteiger partial charge on any atom is -0.292 e. The standard InChI is InChI=1S/C20H21ClN2O2S/c21-15-8-9-16-18(13-15)26(24,25)23-12-4-6-14-5-3-7-17(19(14)23)20(16)22-10-1-2-11-22/h3,5,7-9,13,20H,1-2,4,6,10-12H2. The third-order valence-corrected chi connectivity index (χ3v) is 7.94.